The summed E-state index contributed by atoms with van der Waals surface area (Å²) in [6, 6.07) is 1.89. The summed E-state index contributed by atoms with van der Waals surface area (Å²) in [5.41, 5.74) is 0. The van der Waals surface area contributed by atoms with Gasteiger partial charge in [-0.2, -0.15) is 25.5 Å². The lowest BCUT2D eigenvalue weighted by Crippen LogP contribution is -2.42. The summed E-state index contributed by atoms with van der Waals surface area (Å²) in [4.78, 5) is 33.7. The van der Waals surface area contributed by atoms with Crippen LogP contribution < -0.4 is 0 Å². The number of aliphatic hydroxyl groups is 1. The largest absolute Gasteiger partial charge is 0.446 e. The molecule has 0 saturated carbocycles. The minimum Gasteiger partial charge on any atom is -0.446 e. The van der Waals surface area contributed by atoms with Crippen molar-refractivity contribution in [1.82, 2.24) is 10.0 Å². The topological polar surface area (TPSA) is 189 Å². The van der Waals surface area contributed by atoms with E-state index in [2.05, 4.69) is 10.2 Å². The Morgan fingerprint density at radius 2 is 1.87 bits per heavy atom. The van der Waals surface area contributed by atoms with Gasteiger partial charge >= 0.3 is 18.1 Å². The molecule has 4 heterocycles. The second-order valence-electron chi connectivity index (χ2n) is 6.90. The van der Waals surface area contributed by atoms with E-state index >= 15 is 0 Å². The number of rotatable bonds is 6. The van der Waals surface area contributed by atoms with E-state index in [1.807, 2.05) is 6.07 Å². The normalized spacial score (nSPS) is 34.6. The number of carbonyl (C=O) groups excluding carboxylic acids is 2. The first kappa shape index (κ1) is 20.5. The molecule has 0 aromatic rings. The van der Waals surface area contributed by atoms with Crippen molar-refractivity contribution < 1.29 is 38.6 Å². The van der Waals surface area contributed by atoms with Crippen LogP contribution in [0.3, 0.4) is 0 Å². The molecule has 4 rings (SSSR count). The van der Waals surface area contributed by atoms with Crippen LogP contribution >= 0.6 is 0 Å². The maximum absolute atomic E-state index is 11.6. The molecular weight excluding hydrogens is 420 g/mol. The van der Waals surface area contributed by atoms with E-state index in [9.17, 15) is 30.1 Å². The zero-order chi connectivity index (χ0) is 22.2. The van der Waals surface area contributed by atoms with Crippen LogP contribution in [0.15, 0.2) is 22.2 Å². The number of nitro groups is 1. The number of carbonyl (C=O) groups is 2. The number of cyclic esters (lactones) is 2. The van der Waals surface area contributed by atoms with Crippen molar-refractivity contribution >= 4 is 24.6 Å². The summed E-state index contributed by atoms with van der Waals surface area (Å²) in [7, 11) is 0. The molecule has 2 amide bonds. The smallest absolute Gasteiger partial charge is 0.430 e. The van der Waals surface area contributed by atoms with Crippen LogP contribution in [0.1, 0.15) is 6.42 Å². The first-order valence-electron chi connectivity index (χ1n) is 9.11. The Kier molecular flexibility index (Phi) is 4.95. The quantitative estimate of drug-likeness (QED) is 0.325. The van der Waals surface area contributed by atoms with Crippen molar-refractivity contribution in [2.24, 2.45) is 22.0 Å². The van der Waals surface area contributed by atoms with Gasteiger partial charge < -0.3 is 19.3 Å². The molecule has 4 aliphatic heterocycles. The van der Waals surface area contributed by atoms with Crippen molar-refractivity contribution in [1.29, 1.82) is 5.26 Å². The van der Waals surface area contributed by atoms with Crippen LogP contribution in [0, 0.1) is 33.3 Å². The van der Waals surface area contributed by atoms with Gasteiger partial charge in [0.2, 0.25) is 5.79 Å². The van der Waals surface area contributed by atoms with E-state index in [0.29, 0.717) is 0 Å². The molecule has 0 radical (unpaired) electrons. The predicted molar refractivity (Wildman–Crippen MR) is 95.2 cm³/mol. The highest BCUT2D eigenvalue weighted by Crippen LogP contribution is 2.52. The zero-order valence-electron chi connectivity index (χ0n) is 15.8. The van der Waals surface area contributed by atoms with Gasteiger partial charge in [-0.05, 0) is 0 Å². The molecule has 31 heavy (non-hydrogen) atoms. The number of nitriles is 1. The molecule has 0 aliphatic carbocycles. The van der Waals surface area contributed by atoms with Crippen molar-refractivity contribution in [3.8, 4) is 6.07 Å². The summed E-state index contributed by atoms with van der Waals surface area (Å²) in [5, 5.41) is 41.3. The zero-order valence-corrected chi connectivity index (χ0v) is 15.8. The fourth-order valence-corrected chi connectivity index (χ4v) is 3.62. The molecule has 4 unspecified atom stereocenters. The predicted octanol–water partition coefficient (Wildman–Crippen LogP) is -0.428. The van der Waals surface area contributed by atoms with Crippen LogP contribution in [-0.4, -0.2) is 82.5 Å². The average Bonchev–Trinajstić information content (AvgIpc) is 3.45. The molecule has 4 aliphatic rings. The monoisotopic (exact) mass is 436 g/mol. The minimum atomic E-state index is -2.25. The highest BCUT2D eigenvalue weighted by atomic mass is 16.8. The van der Waals surface area contributed by atoms with Gasteiger partial charge in [0.05, 0.1) is 37.5 Å². The van der Waals surface area contributed by atoms with Crippen molar-refractivity contribution in [2.45, 2.75) is 18.0 Å². The lowest BCUT2D eigenvalue weighted by Gasteiger charge is -2.26. The molecular formula is C16H16N6O9. The number of hydrogen-bond donors (Lipinski definition) is 1. The van der Waals surface area contributed by atoms with Crippen LogP contribution in [-0.2, 0) is 18.9 Å². The molecule has 0 spiro atoms. The maximum Gasteiger partial charge on any atom is 0.430 e. The maximum atomic E-state index is 11.6. The number of ether oxygens (including phenoxy) is 4. The molecule has 1 N–H and O–H groups in total. The number of fused-ring (bicyclic) bond motifs is 1. The van der Waals surface area contributed by atoms with E-state index in [1.54, 1.807) is 0 Å². The summed E-state index contributed by atoms with van der Waals surface area (Å²) >= 11 is 0. The van der Waals surface area contributed by atoms with E-state index < -0.39 is 46.4 Å². The van der Waals surface area contributed by atoms with Crippen LogP contribution in [0.4, 0.5) is 9.59 Å². The van der Waals surface area contributed by atoms with Crippen molar-refractivity contribution in [3.05, 3.63) is 22.1 Å². The Bertz CT molecular complexity index is 944. The van der Waals surface area contributed by atoms with E-state index in [-0.39, 0.29) is 32.7 Å². The number of hydrogen-bond acceptors (Lipinski definition) is 12. The van der Waals surface area contributed by atoms with Crippen LogP contribution in [0.2, 0.25) is 0 Å². The van der Waals surface area contributed by atoms with E-state index in [4.69, 9.17) is 18.9 Å². The van der Waals surface area contributed by atoms with E-state index in [0.717, 1.165) is 28.5 Å². The van der Waals surface area contributed by atoms with Crippen LogP contribution in [0.25, 0.3) is 0 Å². The minimum absolute atomic E-state index is 0.103. The molecule has 0 aromatic heterocycles. The third-order valence-corrected chi connectivity index (χ3v) is 5.07. The van der Waals surface area contributed by atoms with Gasteiger partial charge in [-0.1, -0.05) is 0 Å². The fraction of sp³-hybridized carbons (Fsp3) is 0.562. The first-order chi connectivity index (χ1) is 14.8. The standard InChI is InChI=1S/C16H16N6O9/c17-2-1-10-11-7-12(22(26)27)30-16(11,9-19-21-4-6-29-14(21)24)31-15(10,25)8-18-20-3-5-28-13(20)23/h7-11,25H,1,3-6H2/b18-8+,19-9+. The number of nitrogens with zero attached hydrogens (tertiary/aromatic N) is 6. The molecule has 0 aromatic carbocycles. The molecule has 164 valence electrons. The van der Waals surface area contributed by atoms with Gasteiger partial charge in [0.25, 0.3) is 5.79 Å². The lowest BCUT2D eigenvalue weighted by molar-refractivity contribution is -0.474. The van der Waals surface area contributed by atoms with Gasteiger partial charge in [-0.25, -0.2) is 9.59 Å². The fourth-order valence-electron chi connectivity index (χ4n) is 3.62. The van der Waals surface area contributed by atoms with Crippen molar-refractivity contribution in [2.75, 3.05) is 26.3 Å². The number of hydrazone groups is 2. The number of amides is 2. The summed E-state index contributed by atoms with van der Waals surface area (Å²) in [6.45, 7) is 0.492. The Hall–Kier alpha value is -3.77. The molecule has 15 heteroatoms. The van der Waals surface area contributed by atoms with Gasteiger partial charge in [0.15, 0.2) is 0 Å². The summed E-state index contributed by atoms with van der Waals surface area (Å²) < 4.78 is 20.5. The van der Waals surface area contributed by atoms with Gasteiger partial charge in [-0.3, -0.25) is 14.9 Å². The third-order valence-electron chi connectivity index (χ3n) is 5.07. The Balaban J connectivity index is 1.68. The summed E-state index contributed by atoms with van der Waals surface area (Å²) in [6.07, 6.45) is 1.24. The lowest BCUT2D eigenvalue weighted by atomic mass is 9.83. The molecule has 3 saturated heterocycles. The summed E-state index contributed by atoms with van der Waals surface area (Å²) in [5.74, 6) is -7.02. The average molecular weight is 436 g/mol. The van der Waals surface area contributed by atoms with Gasteiger partial charge in [0.1, 0.15) is 18.1 Å². The van der Waals surface area contributed by atoms with E-state index in [1.165, 1.54) is 0 Å². The molecule has 3 fully saturated rings. The SMILES string of the molecule is N#CCC1C2C=C([N+](=O)[O-])OC2(/C=N/N2CCOC2=O)OC1(O)/C=N/N1CCOC1=O. The molecule has 15 nitrogen and oxygen atoms in total. The van der Waals surface area contributed by atoms with Gasteiger partial charge in [-0.15, -0.1) is 0 Å². The Morgan fingerprint density at radius 1 is 1.26 bits per heavy atom. The highest BCUT2D eigenvalue weighted by molar-refractivity contribution is 5.77. The molecule has 4 atom stereocenters. The van der Waals surface area contributed by atoms with Gasteiger partial charge in [0, 0.05) is 18.4 Å². The van der Waals surface area contributed by atoms with Crippen LogP contribution in [0.5, 0.6) is 0 Å². The first-order valence-corrected chi connectivity index (χ1v) is 9.11. The second kappa shape index (κ2) is 7.49. The highest BCUT2D eigenvalue weighted by Gasteiger charge is 2.67. The molecule has 0 bridgehead atoms. The third kappa shape index (κ3) is 3.51. The Labute approximate surface area is 173 Å². The Morgan fingerprint density at radius 3 is 2.39 bits per heavy atom. The van der Waals surface area contributed by atoms with Crippen molar-refractivity contribution in [3.63, 3.8) is 0 Å². The second-order valence-corrected chi connectivity index (χ2v) is 6.90.